The average Bonchev–Trinajstić information content (AvgIpc) is 2.80. The van der Waals surface area contributed by atoms with Crippen molar-refractivity contribution in [2.75, 3.05) is 13.7 Å². The van der Waals surface area contributed by atoms with E-state index in [4.69, 9.17) is 0 Å². The fourth-order valence-corrected chi connectivity index (χ4v) is 1.23. The second kappa shape index (κ2) is 6.73. The van der Waals surface area contributed by atoms with E-state index in [1.165, 1.54) is 13.2 Å². The van der Waals surface area contributed by atoms with Gasteiger partial charge in [0.05, 0.1) is 18.9 Å². The van der Waals surface area contributed by atoms with E-state index in [2.05, 4.69) is 15.2 Å². The number of ether oxygens (including phenoxy) is 1. The topological polar surface area (TPSA) is 73.2 Å². The molecule has 0 atom stereocenters. The summed E-state index contributed by atoms with van der Waals surface area (Å²) in [5.41, 5.74) is 0.000665. The third kappa shape index (κ3) is 5.55. The summed E-state index contributed by atoms with van der Waals surface area (Å²) in [6.07, 6.45) is 0.0954. The summed E-state index contributed by atoms with van der Waals surface area (Å²) in [6.45, 7) is -1.22. The zero-order valence-electron chi connectivity index (χ0n) is 10.5. The Morgan fingerprint density at radius 3 is 2.80 bits per heavy atom. The van der Waals surface area contributed by atoms with Gasteiger partial charge >= 0.3 is 12.1 Å². The van der Waals surface area contributed by atoms with Crippen LogP contribution < -0.4 is 5.32 Å². The maximum Gasteiger partial charge on any atom is 0.408 e. The lowest BCUT2D eigenvalue weighted by molar-refractivity contribution is -0.142. The van der Waals surface area contributed by atoms with Gasteiger partial charge in [-0.3, -0.25) is 9.48 Å². The van der Waals surface area contributed by atoms with Crippen LogP contribution in [0, 0.1) is 0 Å². The molecule has 1 N–H and O–H groups in total. The molecule has 0 spiro atoms. The van der Waals surface area contributed by atoms with Crippen molar-refractivity contribution in [3.63, 3.8) is 0 Å². The molecule has 0 aliphatic heterocycles. The molecule has 20 heavy (non-hydrogen) atoms. The Hall–Kier alpha value is -2.32. The van der Waals surface area contributed by atoms with Crippen LogP contribution in [0.2, 0.25) is 0 Å². The predicted octanol–water partition coefficient (Wildman–Crippen LogP) is 0.904. The van der Waals surface area contributed by atoms with E-state index in [1.54, 1.807) is 0 Å². The maximum atomic E-state index is 12.1. The predicted molar refractivity (Wildman–Crippen MR) is 61.8 cm³/mol. The monoisotopic (exact) mass is 291 g/mol. The van der Waals surface area contributed by atoms with Crippen molar-refractivity contribution >= 4 is 11.9 Å². The van der Waals surface area contributed by atoms with E-state index in [9.17, 15) is 22.8 Å². The number of carbonyl (C=O) groups excluding carboxylic acids is 2. The number of amides is 1. The molecule has 1 amide bonds. The molecule has 0 aliphatic carbocycles. The van der Waals surface area contributed by atoms with Crippen molar-refractivity contribution in [3.05, 3.63) is 30.1 Å². The van der Waals surface area contributed by atoms with Crippen molar-refractivity contribution < 1.29 is 27.5 Å². The van der Waals surface area contributed by atoms with Gasteiger partial charge in [0.2, 0.25) is 0 Å². The number of hydrogen-bond acceptors (Lipinski definition) is 4. The van der Waals surface area contributed by atoms with Crippen molar-refractivity contribution in [3.8, 4) is 0 Å². The molecule has 0 radical (unpaired) electrons. The number of carbonyl (C=O) groups is 2. The van der Waals surface area contributed by atoms with Crippen LogP contribution in [0.5, 0.6) is 0 Å². The SMILES string of the molecule is COC(=O)/C=C/CNC(=O)c1cnn(CC(F)(F)F)c1. The molecule has 0 bridgehead atoms. The number of aromatic nitrogens is 2. The van der Waals surface area contributed by atoms with Crippen LogP contribution in [0.15, 0.2) is 24.5 Å². The van der Waals surface area contributed by atoms with E-state index in [0.29, 0.717) is 4.68 Å². The molecular weight excluding hydrogens is 279 g/mol. The van der Waals surface area contributed by atoms with Crippen molar-refractivity contribution in [2.24, 2.45) is 0 Å². The highest BCUT2D eigenvalue weighted by Gasteiger charge is 2.28. The Balaban J connectivity index is 2.48. The van der Waals surface area contributed by atoms with Gasteiger partial charge in [-0.25, -0.2) is 4.79 Å². The molecule has 0 unspecified atom stereocenters. The van der Waals surface area contributed by atoms with Gasteiger partial charge in [-0.05, 0) is 0 Å². The third-order valence-corrected chi connectivity index (χ3v) is 2.07. The van der Waals surface area contributed by atoms with Crippen LogP contribution in [-0.2, 0) is 16.1 Å². The number of nitrogens with one attached hydrogen (secondary N) is 1. The Kier molecular flexibility index (Phi) is 5.30. The molecule has 0 saturated carbocycles. The number of nitrogens with zero attached hydrogens (tertiary/aromatic N) is 2. The number of methoxy groups -OCH3 is 1. The molecule has 0 saturated heterocycles. The number of esters is 1. The summed E-state index contributed by atoms with van der Waals surface area (Å²) in [7, 11) is 1.21. The van der Waals surface area contributed by atoms with Crippen molar-refractivity contribution in [2.45, 2.75) is 12.7 Å². The lowest BCUT2D eigenvalue weighted by atomic mass is 10.3. The van der Waals surface area contributed by atoms with Crippen LogP contribution in [0.4, 0.5) is 13.2 Å². The van der Waals surface area contributed by atoms with Crippen LogP contribution in [-0.4, -0.2) is 41.5 Å². The van der Waals surface area contributed by atoms with Crippen LogP contribution in [0.25, 0.3) is 0 Å². The Morgan fingerprint density at radius 2 is 2.20 bits per heavy atom. The van der Waals surface area contributed by atoms with Crippen LogP contribution >= 0.6 is 0 Å². The molecule has 1 aromatic heterocycles. The van der Waals surface area contributed by atoms with E-state index < -0.39 is 24.6 Å². The standard InChI is InChI=1S/C11H12F3N3O3/c1-20-9(18)3-2-4-15-10(19)8-5-16-17(6-8)7-11(12,13)14/h2-3,5-6H,4,7H2,1H3,(H,15,19)/b3-2+. The minimum absolute atomic E-state index is 0.000665. The number of alkyl halides is 3. The zero-order valence-corrected chi connectivity index (χ0v) is 10.5. The van der Waals surface area contributed by atoms with Gasteiger partial charge in [-0.1, -0.05) is 6.08 Å². The molecule has 0 aromatic carbocycles. The van der Waals surface area contributed by atoms with Crippen molar-refractivity contribution in [1.29, 1.82) is 0 Å². The van der Waals surface area contributed by atoms with E-state index in [-0.39, 0.29) is 12.1 Å². The Bertz CT molecular complexity index is 509. The fourth-order valence-electron chi connectivity index (χ4n) is 1.23. The number of hydrogen-bond donors (Lipinski definition) is 1. The normalized spacial score (nSPS) is 11.6. The molecule has 9 heteroatoms. The highest BCUT2D eigenvalue weighted by molar-refractivity contribution is 5.93. The largest absolute Gasteiger partial charge is 0.466 e. The molecule has 1 heterocycles. The van der Waals surface area contributed by atoms with Crippen LogP contribution in [0.3, 0.4) is 0 Å². The lowest BCUT2D eigenvalue weighted by Crippen LogP contribution is -2.23. The first-order valence-corrected chi connectivity index (χ1v) is 5.43. The van der Waals surface area contributed by atoms with Gasteiger partial charge in [0, 0.05) is 18.8 Å². The Morgan fingerprint density at radius 1 is 1.50 bits per heavy atom. The van der Waals surface area contributed by atoms with Crippen molar-refractivity contribution in [1.82, 2.24) is 15.1 Å². The van der Waals surface area contributed by atoms with Gasteiger partial charge < -0.3 is 10.1 Å². The first-order valence-electron chi connectivity index (χ1n) is 5.43. The van der Waals surface area contributed by atoms with Gasteiger partial charge in [-0.15, -0.1) is 0 Å². The lowest BCUT2D eigenvalue weighted by Gasteiger charge is -2.05. The minimum atomic E-state index is -4.40. The second-order valence-electron chi connectivity index (χ2n) is 3.68. The minimum Gasteiger partial charge on any atom is -0.466 e. The second-order valence-corrected chi connectivity index (χ2v) is 3.68. The highest BCUT2D eigenvalue weighted by atomic mass is 19.4. The molecule has 0 aliphatic rings. The molecule has 1 rings (SSSR count). The summed E-state index contributed by atoms with van der Waals surface area (Å²) in [5.74, 6) is -1.16. The summed E-state index contributed by atoms with van der Waals surface area (Å²) in [6, 6.07) is 0. The molecule has 0 fully saturated rings. The van der Waals surface area contributed by atoms with Crippen LogP contribution in [0.1, 0.15) is 10.4 Å². The summed E-state index contributed by atoms with van der Waals surface area (Å²) < 4.78 is 41.2. The molecule has 6 nitrogen and oxygen atoms in total. The fraction of sp³-hybridized carbons (Fsp3) is 0.364. The summed E-state index contributed by atoms with van der Waals surface area (Å²) >= 11 is 0. The van der Waals surface area contributed by atoms with Gasteiger partial charge in [0.25, 0.3) is 5.91 Å². The molecule has 1 aromatic rings. The first kappa shape index (κ1) is 15.7. The first-order chi connectivity index (χ1) is 9.31. The van der Waals surface area contributed by atoms with E-state index >= 15 is 0 Å². The summed E-state index contributed by atoms with van der Waals surface area (Å²) in [5, 5.41) is 5.82. The third-order valence-electron chi connectivity index (χ3n) is 2.07. The smallest absolute Gasteiger partial charge is 0.408 e. The van der Waals surface area contributed by atoms with Gasteiger partial charge in [0.1, 0.15) is 6.54 Å². The number of rotatable bonds is 5. The molecular formula is C11H12F3N3O3. The average molecular weight is 291 g/mol. The number of halogens is 3. The van der Waals surface area contributed by atoms with E-state index in [0.717, 1.165) is 18.5 Å². The Labute approximate surface area is 112 Å². The maximum absolute atomic E-state index is 12.1. The van der Waals surface area contributed by atoms with Gasteiger partial charge in [-0.2, -0.15) is 18.3 Å². The molecule has 110 valence electrons. The van der Waals surface area contributed by atoms with Gasteiger partial charge in [0.15, 0.2) is 0 Å². The van der Waals surface area contributed by atoms with E-state index in [1.807, 2.05) is 0 Å². The summed E-state index contributed by atoms with van der Waals surface area (Å²) in [4.78, 5) is 22.3. The quantitative estimate of drug-likeness (QED) is 0.646. The highest BCUT2D eigenvalue weighted by Crippen LogP contribution is 2.16. The zero-order chi connectivity index (χ0) is 15.2.